The Morgan fingerprint density at radius 1 is 1.10 bits per heavy atom. The van der Waals surface area contributed by atoms with Crippen LogP contribution in [-0.2, 0) is 17.1 Å². The Morgan fingerprint density at radius 2 is 1.76 bits per heavy atom. The third-order valence-corrected chi connectivity index (χ3v) is 10.0. The number of nitrogens with zero attached hydrogens (tertiary/aromatic N) is 4. The number of fused-ring (bicyclic) bond motifs is 3. The van der Waals surface area contributed by atoms with Crippen molar-refractivity contribution in [3.63, 3.8) is 0 Å². The first-order valence-corrected chi connectivity index (χ1v) is 15.1. The summed E-state index contributed by atoms with van der Waals surface area (Å²) in [4.78, 5) is 29.9. The summed E-state index contributed by atoms with van der Waals surface area (Å²) < 4.78 is 37.6. The fourth-order valence-corrected chi connectivity index (χ4v) is 7.43. The number of carbonyl (C=O) groups is 1. The fraction of sp³-hybridized carbons (Fsp3) is 0.300. The van der Waals surface area contributed by atoms with Gasteiger partial charge < -0.3 is 15.2 Å². The molecule has 6 rings (SSSR count). The maximum Gasteiger partial charge on any atom is 0.405 e. The van der Waals surface area contributed by atoms with Gasteiger partial charge in [-0.1, -0.05) is 30.3 Å². The molecular weight excluding hydrogens is 558 g/mol. The zero-order valence-electron chi connectivity index (χ0n) is 23.4. The van der Waals surface area contributed by atoms with E-state index in [2.05, 4.69) is 10.3 Å². The molecule has 0 spiro atoms. The Labute approximate surface area is 242 Å². The van der Waals surface area contributed by atoms with E-state index in [4.69, 9.17) is 4.74 Å². The van der Waals surface area contributed by atoms with Crippen molar-refractivity contribution in [3.8, 4) is 16.9 Å². The van der Waals surface area contributed by atoms with E-state index >= 15 is 0 Å². The van der Waals surface area contributed by atoms with Gasteiger partial charge in [0.1, 0.15) is 5.75 Å². The lowest BCUT2D eigenvalue weighted by atomic mass is 9.80. The number of methoxy groups -OCH3 is 1. The van der Waals surface area contributed by atoms with Crippen molar-refractivity contribution < 1.29 is 23.1 Å². The summed E-state index contributed by atoms with van der Waals surface area (Å²) in [6.45, 7) is 1.88. The second kappa shape index (κ2) is 10.1. The molecule has 1 aliphatic carbocycles. The van der Waals surface area contributed by atoms with Crippen LogP contribution < -0.4 is 15.7 Å². The van der Waals surface area contributed by atoms with Gasteiger partial charge >= 0.3 is 11.8 Å². The van der Waals surface area contributed by atoms with Crippen LogP contribution in [0.1, 0.15) is 38.6 Å². The second-order valence-electron chi connectivity index (χ2n) is 11.0. The van der Waals surface area contributed by atoms with Crippen LogP contribution in [0.15, 0.2) is 76.7 Å². The topological polar surface area (TPSA) is 137 Å². The summed E-state index contributed by atoms with van der Waals surface area (Å²) in [6, 6.07) is 15.2. The molecule has 0 unspecified atom stereocenters. The van der Waals surface area contributed by atoms with Crippen LogP contribution in [0.3, 0.4) is 0 Å². The van der Waals surface area contributed by atoms with E-state index in [1.54, 1.807) is 61.5 Å². The number of imidazole rings is 1. The largest absolute Gasteiger partial charge is 0.497 e. The molecule has 2 aromatic carbocycles. The number of nitrogens with one attached hydrogen (secondary N) is 1. The molecule has 3 heterocycles. The standard InChI is InChI=1S/C30H31N5O6S/c1-30(32-28(36)37)15-13-20(14-16-30)35-26-24(33(2)29(35)38)17-31-27-25(26)23(19-9-11-21(41-3)12-10-19)18-34(27)42(39,40)22-7-5-4-6-8-22/h4-12,17-18,20,32H,13-16H2,1-3H3,(H,36,37)/t20-,30+. The van der Waals surface area contributed by atoms with Crippen molar-refractivity contribution in [2.24, 2.45) is 7.05 Å². The van der Waals surface area contributed by atoms with E-state index in [-0.39, 0.29) is 22.3 Å². The summed E-state index contributed by atoms with van der Waals surface area (Å²) in [5.74, 6) is 0.652. The van der Waals surface area contributed by atoms with Gasteiger partial charge in [0.25, 0.3) is 10.0 Å². The quantitative estimate of drug-likeness (QED) is 0.292. The number of aromatic nitrogens is 4. The van der Waals surface area contributed by atoms with E-state index < -0.39 is 21.7 Å². The van der Waals surface area contributed by atoms with Crippen LogP contribution in [0.5, 0.6) is 5.75 Å². The molecule has 0 aliphatic heterocycles. The maximum atomic E-state index is 13.9. The van der Waals surface area contributed by atoms with Gasteiger partial charge in [0.05, 0.1) is 34.6 Å². The highest BCUT2D eigenvalue weighted by atomic mass is 32.2. The molecule has 1 fully saturated rings. The SMILES string of the molecule is COc1ccc(-c2cn(S(=O)(=O)c3ccccc3)c3ncc4c(c23)n([C@H]2CC[C@@](C)(NC(=O)O)CC2)c(=O)n4C)cc1. The molecule has 218 valence electrons. The normalized spacial score (nSPS) is 19.3. The van der Waals surface area contributed by atoms with Gasteiger partial charge in [0.2, 0.25) is 0 Å². The number of rotatable bonds is 6. The molecule has 1 amide bonds. The first-order valence-electron chi connectivity index (χ1n) is 13.6. The molecule has 0 atom stereocenters. The molecule has 2 N–H and O–H groups in total. The minimum atomic E-state index is -4.03. The molecule has 0 saturated heterocycles. The van der Waals surface area contributed by atoms with Crippen LogP contribution in [-0.4, -0.2) is 50.4 Å². The van der Waals surface area contributed by atoms with Crippen molar-refractivity contribution in [2.75, 3.05) is 7.11 Å². The predicted octanol–water partition coefficient (Wildman–Crippen LogP) is 4.74. The first-order chi connectivity index (χ1) is 20.0. The molecule has 1 saturated carbocycles. The Bertz CT molecular complexity index is 1980. The molecule has 3 aromatic heterocycles. The zero-order chi connectivity index (χ0) is 29.8. The van der Waals surface area contributed by atoms with Gasteiger partial charge in [0, 0.05) is 30.4 Å². The van der Waals surface area contributed by atoms with Crippen molar-refractivity contribution >= 4 is 38.2 Å². The lowest BCUT2D eigenvalue weighted by Gasteiger charge is -2.37. The highest BCUT2D eigenvalue weighted by Crippen LogP contribution is 2.40. The predicted molar refractivity (Wildman–Crippen MR) is 159 cm³/mol. The van der Waals surface area contributed by atoms with Gasteiger partial charge in [-0.25, -0.2) is 27.0 Å². The van der Waals surface area contributed by atoms with Gasteiger partial charge in [0.15, 0.2) is 5.65 Å². The zero-order valence-corrected chi connectivity index (χ0v) is 24.3. The summed E-state index contributed by atoms with van der Waals surface area (Å²) in [5.41, 5.74) is 1.91. The summed E-state index contributed by atoms with van der Waals surface area (Å²) in [5, 5.41) is 12.5. The molecule has 1 aliphatic rings. The monoisotopic (exact) mass is 589 g/mol. The number of ether oxygens (including phenoxy) is 1. The van der Waals surface area contributed by atoms with Crippen LogP contribution in [0.25, 0.3) is 33.2 Å². The second-order valence-corrected chi connectivity index (χ2v) is 12.8. The van der Waals surface area contributed by atoms with Crippen LogP contribution in [0.4, 0.5) is 4.79 Å². The van der Waals surface area contributed by atoms with Gasteiger partial charge in [-0.05, 0) is 62.4 Å². The summed E-state index contributed by atoms with van der Waals surface area (Å²) in [7, 11) is -0.778. The molecule has 5 aromatic rings. The number of benzene rings is 2. The maximum absolute atomic E-state index is 13.9. The Balaban J connectivity index is 1.62. The molecule has 0 bridgehead atoms. The summed E-state index contributed by atoms with van der Waals surface area (Å²) >= 11 is 0. The summed E-state index contributed by atoms with van der Waals surface area (Å²) in [6.07, 6.45) is 4.28. The Morgan fingerprint density at radius 3 is 2.38 bits per heavy atom. The van der Waals surface area contributed by atoms with Crippen molar-refractivity contribution in [2.45, 2.75) is 49.1 Å². The average molecular weight is 590 g/mol. The minimum Gasteiger partial charge on any atom is -0.497 e. The van der Waals surface area contributed by atoms with Gasteiger partial charge in [-0.3, -0.25) is 9.13 Å². The molecule has 11 nitrogen and oxygen atoms in total. The Kier molecular flexibility index (Phi) is 6.60. The highest BCUT2D eigenvalue weighted by molar-refractivity contribution is 7.90. The first kappa shape index (κ1) is 27.6. The third-order valence-electron chi connectivity index (χ3n) is 8.37. The fourth-order valence-electron chi connectivity index (χ4n) is 6.09. The minimum absolute atomic E-state index is 0.119. The number of hydrogen-bond acceptors (Lipinski definition) is 6. The van der Waals surface area contributed by atoms with E-state index in [0.29, 0.717) is 53.4 Å². The van der Waals surface area contributed by atoms with E-state index in [1.165, 1.54) is 20.7 Å². The number of aryl methyl sites for hydroxylation is 1. The highest BCUT2D eigenvalue weighted by Gasteiger charge is 2.35. The van der Waals surface area contributed by atoms with E-state index in [0.717, 1.165) is 5.56 Å². The molecular formula is C30H31N5O6S. The van der Waals surface area contributed by atoms with Crippen molar-refractivity contribution in [1.82, 2.24) is 23.4 Å². The average Bonchev–Trinajstić information content (AvgIpc) is 3.49. The van der Waals surface area contributed by atoms with Crippen molar-refractivity contribution in [1.29, 1.82) is 0 Å². The number of amides is 1. The lowest BCUT2D eigenvalue weighted by Crippen LogP contribution is -2.48. The number of carboxylic acid groups (broad SMARTS) is 1. The molecule has 12 heteroatoms. The number of hydrogen-bond donors (Lipinski definition) is 2. The van der Waals surface area contributed by atoms with Crippen LogP contribution in [0.2, 0.25) is 0 Å². The van der Waals surface area contributed by atoms with Crippen molar-refractivity contribution in [3.05, 3.63) is 77.5 Å². The van der Waals surface area contributed by atoms with E-state index in [9.17, 15) is 23.1 Å². The molecule has 42 heavy (non-hydrogen) atoms. The van der Waals surface area contributed by atoms with Crippen LogP contribution >= 0.6 is 0 Å². The lowest BCUT2D eigenvalue weighted by molar-refractivity contribution is 0.158. The molecule has 0 radical (unpaired) electrons. The van der Waals surface area contributed by atoms with E-state index in [1.807, 2.05) is 19.1 Å². The van der Waals surface area contributed by atoms with Gasteiger partial charge in [-0.15, -0.1) is 0 Å². The van der Waals surface area contributed by atoms with Gasteiger partial charge in [-0.2, -0.15) is 0 Å². The third kappa shape index (κ3) is 4.42. The smallest absolute Gasteiger partial charge is 0.405 e. The Hall–Kier alpha value is -4.58. The van der Waals surface area contributed by atoms with Crippen LogP contribution in [0, 0.1) is 0 Å². The number of pyridine rings is 1.